The third kappa shape index (κ3) is 3.59. The van der Waals surface area contributed by atoms with E-state index in [4.69, 9.17) is 16.3 Å². The van der Waals surface area contributed by atoms with E-state index in [-0.39, 0.29) is 11.4 Å². The summed E-state index contributed by atoms with van der Waals surface area (Å²) in [5, 5.41) is 0.136. The van der Waals surface area contributed by atoms with Crippen LogP contribution in [0, 0.1) is 0 Å². The fourth-order valence-electron chi connectivity index (χ4n) is 2.22. The van der Waals surface area contributed by atoms with E-state index in [1.165, 1.54) is 6.26 Å². The minimum Gasteiger partial charge on any atom is -0.489 e. The van der Waals surface area contributed by atoms with Crippen molar-refractivity contribution in [2.45, 2.75) is 37.0 Å². The second kappa shape index (κ2) is 5.45. The summed E-state index contributed by atoms with van der Waals surface area (Å²) in [6.45, 7) is 0. The van der Waals surface area contributed by atoms with E-state index < -0.39 is 9.84 Å². The van der Waals surface area contributed by atoms with Gasteiger partial charge in [-0.1, -0.05) is 11.6 Å². The van der Waals surface area contributed by atoms with Crippen LogP contribution < -0.4 is 4.74 Å². The minimum atomic E-state index is -2.97. The van der Waals surface area contributed by atoms with Gasteiger partial charge in [0.15, 0.2) is 0 Å². The summed E-state index contributed by atoms with van der Waals surface area (Å²) in [6.07, 6.45) is 5.86. The van der Waals surface area contributed by atoms with Gasteiger partial charge in [0.25, 0.3) is 0 Å². The molecule has 1 aromatic heterocycles. The molecule has 1 fully saturated rings. The molecule has 4 nitrogen and oxygen atoms in total. The summed E-state index contributed by atoms with van der Waals surface area (Å²) in [4.78, 5) is 3.93. The molecule has 0 amide bonds. The van der Waals surface area contributed by atoms with Crippen molar-refractivity contribution in [1.82, 2.24) is 4.98 Å². The van der Waals surface area contributed by atoms with E-state index >= 15 is 0 Å². The largest absolute Gasteiger partial charge is 0.489 e. The van der Waals surface area contributed by atoms with Gasteiger partial charge in [0, 0.05) is 12.7 Å². The van der Waals surface area contributed by atoms with Crippen LogP contribution in [-0.4, -0.2) is 31.0 Å². The molecule has 18 heavy (non-hydrogen) atoms. The van der Waals surface area contributed by atoms with Gasteiger partial charge in [0.1, 0.15) is 26.8 Å². The number of hydrogen-bond acceptors (Lipinski definition) is 4. The van der Waals surface area contributed by atoms with Crippen LogP contribution in [-0.2, 0) is 9.84 Å². The molecular formula is C12H16ClNO3S. The molecule has 6 heteroatoms. The van der Waals surface area contributed by atoms with Crippen molar-refractivity contribution < 1.29 is 13.2 Å². The first-order valence-electron chi connectivity index (χ1n) is 5.92. The summed E-state index contributed by atoms with van der Waals surface area (Å²) in [7, 11) is -2.97. The highest BCUT2D eigenvalue weighted by molar-refractivity contribution is 7.91. The van der Waals surface area contributed by atoms with E-state index in [0.717, 1.165) is 19.3 Å². The third-order valence-electron chi connectivity index (χ3n) is 3.19. The van der Waals surface area contributed by atoms with Crippen LogP contribution in [0.3, 0.4) is 0 Å². The lowest BCUT2D eigenvalue weighted by Crippen LogP contribution is -2.33. The lowest BCUT2D eigenvalue weighted by atomic mass is 9.97. The van der Waals surface area contributed by atoms with Gasteiger partial charge in [-0.25, -0.2) is 13.4 Å². The van der Waals surface area contributed by atoms with Crippen molar-refractivity contribution in [3.05, 3.63) is 23.5 Å². The summed E-state index contributed by atoms with van der Waals surface area (Å²) in [5.41, 5.74) is 0. The average molecular weight is 290 g/mol. The van der Waals surface area contributed by atoms with Crippen LogP contribution >= 0.6 is 11.6 Å². The Balaban J connectivity index is 2.00. The fourth-order valence-corrected chi connectivity index (χ4v) is 3.49. The summed E-state index contributed by atoms with van der Waals surface area (Å²) in [6, 6.07) is 3.41. The topological polar surface area (TPSA) is 56.3 Å². The summed E-state index contributed by atoms with van der Waals surface area (Å²) in [5.74, 6) is 0.638. The molecule has 100 valence electrons. The average Bonchev–Trinajstić information content (AvgIpc) is 2.31. The number of rotatable bonds is 3. The van der Waals surface area contributed by atoms with Crippen molar-refractivity contribution in [3.8, 4) is 5.75 Å². The zero-order valence-electron chi connectivity index (χ0n) is 10.2. The molecule has 0 radical (unpaired) electrons. The van der Waals surface area contributed by atoms with E-state index in [2.05, 4.69) is 4.98 Å². The Morgan fingerprint density at radius 2 is 2.17 bits per heavy atom. The third-order valence-corrected chi connectivity index (χ3v) is 5.05. The summed E-state index contributed by atoms with van der Waals surface area (Å²) >= 11 is 5.69. The zero-order chi connectivity index (χ0) is 13.2. The van der Waals surface area contributed by atoms with Crippen LogP contribution in [0.25, 0.3) is 0 Å². The van der Waals surface area contributed by atoms with Gasteiger partial charge in [-0.2, -0.15) is 0 Å². The molecule has 2 unspecified atom stereocenters. The number of pyridine rings is 1. The van der Waals surface area contributed by atoms with Gasteiger partial charge in [-0.15, -0.1) is 0 Å². The van der Waals surface area contributed by atoms with E-state index in [9.17, 15) is 8.42 Å². The number of aromatic nitrogens is 1. The van der Waals surface area contributed by atoms with Gasteiger partial charge >= 0.3 is 0 Å². The van der Waals surface area contributed by atoms with Crippen LogP contribution in [0.15, 0.2) is 18.3 Å². The predicted molar refractivity (Wildman–Crippen MR) is 70.8 cm³/mol. The first-order chi connectivity index (χ1) is 8.45. The number of hydrogen-bond donors (Lipinski definition) is 0. The SMILES string of the molecule is CS(=O)(=O)C1CCCC(Oc2ccc(Cl)nc2)C1. The Labute approximate surface area is 112 Å². The zero-order valence-corrected chi connectivity index (χ0v) is 11.7. The highest BCUT2D eigenvalue weighted by Gasteiger charge is 2.29. The van der Waals surface area contributed by atoms with Crippen LogP contribution in [0.1, 0.15) is 25.7 Å². The maximum atomic E-state index is 11.5. The van der Waals surface area contributed by atoms with Crippen LogP contribution in [0.2, 0.25) is 5.15 Å². The first kappa shape index (κ1) is 13.6. The first-order valence-corrected chi connectivity index (χ1v) is 8.25. The van der Waals surface area contributed by atoms with Crippen molar-refractivity contribution in [1.29, 1.82) is 0 Å². The lowest BCUT2D eigenvalue weighted by Gasteiger charge is -2.28. The fraction of sp³-hybridized carbons (Fsp3) is 0.583. The molecule has 1 aliphatic rings. The molecule has 0 aromatic carbocycles. The molecule has 1 aliphatic carbocycles. The second-order valence-electron chi connectivity index (χ2n) is 4.67. The Bertz CT molecular complexity index is 501. The predicted octanol–water partition coefficient (Wildman–Crippen LogP) is 2.47. The number of halogens is 1. The van der Waals surface area contributed by atoms with E-state index in [0.29, 0.717) is 17.3 Å². The maximum absolute atomic E-state index is 11.5. The molecule has 0 N–H and O–H groups in total. The van der Waals surface area contributed by atoms with Gasteiger partial charge in [0.05, 0.1) is 11.4 Å². The van der Waals surface area contributed by atoms with Crippen LogP contribution in [0.4, 0.5) is 0 Å². The van der Waals surface area contributed by atoms with Crippen LogP contribution in [0.5, 0.6) is 5.75 Å². The molecule has 2 atom stereocenters. The molecule has 1 saturated carbocycles. The minimum absolute atomic E-state index is 0.0542. The van der Waals surface area contributed by atoms with Crippen molar-refractivity contribution in [2.24, 2.45) is 0 Å². The Kier molecular flexibility index (Phi) is 4.12. The van der Waals surface area contributed by atoms with Gasteiger partial charge in [0.2, 0.25) is 0 Å². The molecular weight excluding hydrogens is 274 g/mol. The molecule has 0 aliphatic heterocycles. The standard InChI is InChI=1S/C12H16ClNO3S/c1-18(15,16)11-4-2-3-9(7-11)17-10-5-6-12(13)14-8-10/h5-6,8-9,11H,2-4,7H2,1H3. The smallest absolute Gasteiger partial charge is 0.150 e. The molecule has 0 bridgehead atoms. The van der Waals surface area contributed by atoms with E-state index in [1.807, 2.05) is 0 Å². The Morgan fingerprint density at radius 3 is 2.78 bits per heavy atom. The molecule has 0 saturated heterocycles. The highest BCUT2D eigenvalue weighted by atomic mass is 35.5. The van der Waals surface area contributed by atoms with Crippen molar-refractivity contribution in [2.75, 3.05) is 6.26 Å². The van der Waals surface area contributed by atoms with Gasteiger partial charge in [-0.3, -0.25) is 0 Å². The highest BCUT2D eigenvalue weighted by Crippen LogP contribution is 2.27. The molecule has 2 rings (SSSR count). The molecule has 1 heterocycles. The number of sulfone groups is 1. The Morgan fingerprint density at radius 1 is 1.39 bits per heavy atom. The van der Waals surface area contributed by atoms with Gasteiger partial charge in [-0.05, 0) is 31.4 Å². The van der Waals surface area contributed by atoms with E-state index in [1.54, 1.807) is 18.3 Å². The normalized spacial score (nSPS) is 24.8. The number of ether oxygens (including phenoxy) is 1. The molecule has 0 spiro atoms. The Hall–Kier alpha value is -0.810. The van der Waals surface area contributed by atoms with Crippen molar-refractivity contribution >= 4 is 21.4 Å². The molecule has 1 aromatic rings. The maximum Gasteiger partial charge on any atom is 0.150 e. The lowest BCUT2D eigenvalue weighted by molar-refractivity contribution is 0.155. The van der Waals surface area contributed by atoms with Crippen molar-refractivity contribution in [3.63, 3.8) is 0 Å². The van der Waals surface area contributed by atoms with Gasteiger partial charge < -0.3 is 4.74 Å². The second-order valence-corrected chi connectivity index (χ2v) is 7.39. The quantitative estimate of drug-likeness (QED) is 0.802. The number of nitrogens with zero attached hydrogens (tertiary/aromatic N) is 1. The summed E-state index contributed by atoms with van der Waals surface area (Å²) < 4.78 is 28.8. The monoisotopic (exact) mass is 289 g/mol.